The van der Waals surface area contributed by atoms with E-state index < -0.39 is 0 Å². The Balaban J connectivity index is 1.79. The third-order valence-corrected chi connectivity index (χ3v) is 4.23. The van der Waals surface area contributed by atoms with Gasteiger partial charge in [0.25, 0.3) is 0 Å². The first kappa shape index (κ1) is 12.1. The highest BCUT2D eigenvalue weighted by Gasteiger charge is 2.38. The lowest BCUT2D eigenvalue weighted by molar-refractivity contribution is 0.103. The maximum absolute atomic E-state index is 6.36. The second kappa shape index (κ2) is 4.63. The van der Waals surface area contributed by atoms with Gasteiger partial charge in [-0.2, -0.15) is 4.98 Å². The molecule has 3 rings (SSSR count). The van der Waals surface area contributed by atoms with Gasteiger partial charge in [0, 0.05) is 12.1 Å². The molecule has 0 bridgehead atoms. The van der Waals surface area contributed by atoms with Gasteiger partial charge in [-0.15, -0.1) is 0 Å². The van der Waals surface area contributed by atoms with E-state index in [0.717, 1.165) is 32.3 Å². The molecule has 1 aliphatic carbocycles. The zero-order valence-electron chi connectivity index (χ0n) is 10.9. The summed E-state index contributed by atoms with van der Waals surface area (Å²) in [6, 6.07) is 0. The van der Waals surface area contributed by atoms with Crippen molar-refractivity contribution >= 4 is 0 Å². The van der Waals surface area contributed by atoms with Crippen molar-refractivity contribution in [1.29, 1.82) is 0 Å². The summed E-state index contributed by atoms with van der Waals surface area (Å²) in [6.45, 7) is 2.89. The fourth-order valence-electron chi connectivity index (χ4n) is 3.06. The lowest BCUT2D eigenvalue weighted by atomic mass is 9.74. The SMILES string of the molecule is CC1(N)CCCCC1c1nc(C2CCCO2)no1. The van der Waals surface area contributed by atoms with Crippen molar-refractivity contribution < 1.29 is 9.26 Å². The molecule has 0 spiro atoms. The fourth-order valence-corrected chi connectivity index (χ4v) is 3.06. The van der Waals surface area contributed by atoms with Crippen LogP contribution in [0.3, 0.4) is 0 Å². The van der Waals surface area contributed by atoms with E-state index in [2.05, 4.69) is 17.1 Å². The van der Waals surface area contributed by atoms with E-state index in [4.69, 9.17) is 15.0 Å². The number of hydrogen-bond donors (Lipinski definition) is 1. The third-order valence-electron chi connectivity index (χ3n) is 4.23. The summed E-state index contributed by atoms with van der Waals surface area (Å²) in [5.74, 6) is 1.59. The summed E-state index contributed by atoms with van der Waals surface area (Å²) in [6.07, 6.45) is 6.53. The largest absolute Gasteiger partial charge is 0.370 e. The van der Waals surface area contributed by atoms with Crippen LogP contribution < -0.4 is 5.73 Å². The lowest BCUT2D eigenvalue weighted by Crippen LogP contribution is -2.44. The summed E-state index contributed by atoms with van der Waals surface area (Å²) in [5, 5.41) is 4.07. The topological polar surface area (TPSA) is 74.2 Å². The van der Waals surface area contributed by atoms with Crippen molar-refractivity contribution in [2.75, 3.05) is 6.61 Å². The number of aromatic nitrogens is 2. The van der Waals surface area contributed by atoms with E-state index in [1.807, 2.05) is 0 Å². The molecule has 2 N–H and O–H groups in total. The first-order valence-corrected chi connectivity index (χ1v) is 6.91. The molecule has 0 amide bonds. The van der Waals surface area contributed by atoms with Crippen LogP contribution in [0.15, 0.2) is 4.52 Å². The predicted molar refractivity (Wildman–Crippen MR) is 66.0 cm³/mol. The highest BCUT2D eigenvalue weighted by molar-refractivity contribution is 5.07. The van der Waals surface area contributed by atoms with Gasteiger partial charge in [-0.05, 0) is 32.6 Å². The van der Waals surface area contributed by atoms with Gasteiger partial charge in [0.2, 0.25) is 11.7 Å². The Morgan fingerprint density at radius 2 is 2.17 bits per heavy atom. The highest BCUT2D eigenvalue weighted by atomic mass is 16.5. The number of nitrogens with two attached hydrogens (primary N) is 1. The van der Waals surface area contributed by atoms with E-state index in [-0.39, 0.29) is 17.6 Å². The van der Waals surface area contributed by atoms with Crippen molar-refractivity contribution in [3.8, 4) is 0 Å². The summed E-state index contributed by atoms with van der Waals surface area (Å²) in [7, 11) is 0. The van der Waals surface area contributed by atoms with Crippen LogP contribution >= 0.6 is 0 Å². The van der Waals surface area contributed by atoms with E-state index >= 15 is 0 Å². The van der Waals surface area contributed by atoms with Crippen molar-refractivity contribution in [2.24, 2.45) is 5.73 Å². The Labute approximate surface area is 107 Å². The van der Waals surface area contributed by atoms with Gasteiger partial charge in [-0.25, -0.2) is 0 Å². The molecule has 18 heavy (non-hydrogen) atoms. The molecule has 3 atom stereocenters. The summed E-state index contributed by atoms with van der Waals surface area (Å²) in [5.41, 5.74) is 6.13. The molecule has 1 aliphatic heterocycles. The molecular weight excluding hydrogens is 230 g/mol. The second-order valence-electron chi connectivity index (χ2n) is 5.80. The van der Waals surface area contributed by atoms with Crippen LogP contribution in [0.5, 0.6) is 0 Å². The fraction of sp³-hybridized carbons (Fsp3) is 0.846. The molecule has 100 valence electrons. The third kappa shape index (κ3) is 2.17. The molecule has 2 fully saturated rings. The van der Waals surface area contributed by atoms with Crippen molar-refractivity contribution in [2.45, 2.75) is 63.0 Å². The first-order chi connectivity index (χ1) is 8.67. The second-order valence-corrected chi connectivity index (χ2v) is 5.80. The minimum Gasteiger partial charge on any atom is -0.370 e. The first-order valence-electron chi connectivity index (χ1n) is 6.91. The van der Waals surface area contributed by atoms with Crippen molar-refractivity contribution in [3.05, 3.63) is 11.7 Å². The minimum absolute atomic E-state index is 0.0233. The van der Waals surface area contributed by atoms with E-state index in [1.54, 1.807) is 0 Å². The molecule has 3 unspecified atom stereocenters. The smallest absolute Gasteiger partial charge is 0.231 e. The van der Waals surface area contributed by atoms with Gasteiger partial charge in [0.1, 0.15) is 6.10 Å². The Hall–Kier alpha value is -0.940. The van der Waals surface area contributed by atoms with E-state index in [0.29, 0.717) is 11.7 Å². The number of ether oxygens (including phenoxy) is 1. The van der Waals surface area contributed by atoms with Gasteiger partial charge >= 0.3 is 0 Å². The zero-order valence-corrected chi connectivity index (χ0v) is 10.9. The van der Waals surface area contributed by atoms with Crippen molar-refractivity contribution in [1.82, 2.24) is 10.1 Å². The maximum atomic E-state index is 6.36. The number of rotatable bonds is 2. The Morgan fingerprint density at radius 3 is 2.89 bits per heavy atom. The monoisotopic (exact) mass is 251 g/mol. The quantitative estimate of drug-likeness (QED) is 0.873. The number of nitrogens with zero attached hydrogens (tertiary/aromatic N) is 2. The average molecular weight is 251 g/mol. The van der Waals surface area contributed by atoms with Crippen LogP contribution in [0.2, 0.25) is 0 Å². The van der Waals surface area contributed by atoms with Gasteiger partial charge in [0.05, 0.1) is 5.92 Å². The predicted octanol–water partition coefficient (Wildman–Crippen LogP) is 2.30. The molecule has 0 radical (unpaired) electrons. The van der Waals surface area contributed by atoms with Gasteiger partial charge in [-0.3, -0.25) is 0 Å². The van der Waals surface area contributed by atoms with Crippen LogP contribution in [0.25, 0.3) is 0 Å². The normalized spacial score (nSPS) is 37.0. The minimum atomic E-state index is -0.224. The van der Waals surface area contributed by atoms with Gasteiger partial charge in [0.15, 0.2) is 0 Å². The van der Waals surface area contributed by atoms with Crippen LogP contribution in [0, 0.1) is 0 Å². The summed E-state index contributed by atoms with van der Waals surface area (Å²) in [4.78, 5) is 4.53. The molecule has 0 aromatic carbocycles. The Kier molecular flexibility index (Phi) is 3.11. The van der Waals surface area contributed by atoms with Gasteiger partial charge in [-0.1, -0.05) is 18.0 Å². The molecule has 5 nitrogen and oxygen atoms in total. The van der Waals surface area contributed by atoms with Crippen LogP contribution in [-0.4, -0.2) is 22.3 Å². The molecule has 1 aromatic rings. The van der Waals surface area contributed by atoms with Crippen molar-refractivity contribution in [3.63, 3.8) is 0 Å². The average Bonchev–Trinajstić information content (AvgIpc) is 2.99. The summed E-state index contributed by atoms with van der Waals surface area (Å²) < 4.78 is 11.0. The van der Waals surface area contributed by atoms with Crippen LogP contribution in [0.4, 0.5) is 0 Å². The van der Waals surface area contributed by atoms with Crippen LogP contribution in [0.1, 0.15) is 69.2 Å². The molecule has 2 heterocycles. The Morgan fingerprint density at radius 1 is 1.28 bits per heavy atom. The molecular formula is C13H21N3O2. The van der Waals surface area contributed by atoms with Gasteiger partial charge < -0.3 is 15.0 Å². The van der Waals surface area contributed by atoms with E-state index in [9.17, 15) is 0 Å². The molecule has 1 saturated heterocycles. The Bertz CT molecular complexity index is 410. The highest BCUT2D eigenvalue weighted by Crippen LogP contribution is 2.39. The lowest BCUT2D eigenvalue weighted by Gasteiger charge is -2.35. The standard InChI is InChI=1S/C13H21N3O2/c1-13(14)7-3-2-5-9(13)12-15-11(16-18-12)10-6-4-8-17-10/h9-10H,2-8,14H2,1H3. The zero-order chi connectivity index (χ0) is 12.6. The molecule has 1 saturated carbocycles. The summed E-state index contributed by atoms with van der Waals surface area (Å²) >= 11 is 0. The van der Waals surface area contributed by atoms with Crippen LogP contribution in [-0.2, 0) is 4.74 Å². The number of hydrogen-bond acceptors (Lipinski definition) is 5. The molecule has 1 aromatic heterocycles. The molecule has 5 heteroatoms. The van der Waals surface area contributed by atoms with E-state index in [1.165, 1.54) is 12.8 Å². The maximum Gasteiger partial charge on any atom is 0.231 e. The molecule has 2 aliphatic rings.